The van der Waals surface area contributed by atoms with Crippen LogP contribution < -0.4 is 10.5 Å². The average Bonchev–Trinajstić information content (AvgIpc) is 3.18. The zero-order valence-electron chi connectivity index (χ0n) is 14.7. The highest BCUT2D eigenvalue weighted by molar-refractivity contribution is 7.20. The number of anilines is 1. The molecule has 3 heterocycles. The van der Waals surface area contributed by atoms with Crippen molar-refractivity contribution in [3.05, 3.63) is 64.7 Å². The van der Waals surface area contributed by atoms with Gasteiger partial charge in [-0.3, -0.25) is 4.79 Å². The van der Waals surface area contributed by atoms with Gasteiger partial charge in [-0.05, 0) is 30.3 Å². The normalized spacial score (nSPS) is 10.6. The summed E-state index contributed by atoms with van der Waals surface area (Å²) in [5.41, 5.74) is 7.67. The Kier molecular flexibility index (Phi) is 4.43. The molecular weight excluding hydrogens is 374 g/mol. The van der Waals surface area contributed by atoms with Gasteiger partial charge in [-0.15, -0.1) is 11.3 Å². The molecule has 7 nitrogen and oxygen atoms in total. The molecule has 0 unspecified atom stereocenters. The molecule has 3 aromatic heterocycles. The third-order valence-corrected chi connectivity index (χ3v) is 5.13. The van der Waals surface area contributed by atoms with E-state index < -0.39 is 0 Å². The second-order valence-electron chi connectivity index (χ2n) is 5.84. The third kappa shape index (κ3) is 3.04. The van der Waals surface area contributed by atoms with Crippen LogP contribution in [0.5, 0.6) is 5.88 Å². The number of hydrogen-bond acceptors (Lipinski definition) is 8. The molecule has 8 heteroatoms. The number of ketones is 1. The number of nitrogen functional groups attached to an aromatic ring is 1. The van der Waals surface area contributed by atoms with Gasteiger partial charge >= 0.3 is 0 Å². The Hall–Kier alpha value is -3.83. The van der Waals surface area contributed by atoms with E-state index in [1.54, 1.807) is 42.6 Å². The molecule has 4 aromatic rings. The SMILES string of the molecule is COc1ncccc1C(=O)c1cc2c(N)nc(-c3cccc(C#N)c3)nc2s1. The van der Waals surface area contributed by atoms with E-state index in [1.165, 1.54) is 18.4 Å². The van der Waals surface area contributed by atoms with E-state index in [2.05, 4.69) is 21.0 Å². The molecule has 0 saturated carbocycles. The van der Waals surface area contributed by atoms with Crippen LogP contribution in [0.1, 0.15) is 20.8 Å². The summed E-state index contributed by atoms with van der Waals surface area (Å²) in [4.78, 5) is 26.9. The second-order valence-corrected chi connectivity index (χ2v) is 6.87. The van der Waals surface area contributed by atoms with E-state index in [0.717, 1.165) is 0 Å². The first-order chi connectivity index (χ1) is 13.6. The molecule has 2 N–H and O–H groups in total. The van der Waals surface area contributed by atoms with Gasteiger partial charge in [-0.2, -0.15) is 5.26 Å². The molecule has 0 amide bonds. The number of benzene rings is 1. The minimum absolute atomic E-state index is 0.222. The number of methoxy groups -OCH3 is 1. The van der Waals surface area contributed by atoms with Gasteiger partial charge in [0.2, 0.25) is 11.7 Å². The lowest BCUT2D eigenvalue weighted by atomic mass is 10.1. The van der Waals surface area contributed by atoms with Gasteiger partial charge in [0.15, 0.2) is 5.82 Å². The Morgan fingerprint density at radius 3 is 2.86 bits per heavy atom. The van der Waals surface area contributed by atoms with Gasteiger partial charge in [-0.25, -0.2) is 15.0 Å². The first-order valence-electron chi connectivity index (χ1n) is 8.22. The predicted molar refractivity (Wildman–Crippen MR) is 106 cm³/mol. The zero-order chi connectivity index (χ0) is 19.7. The molecule has 0 aliphatic rings. The van der Waals surface area contributed by atoms with E-state index in [1.807, 2.05) is 6.07 Å². The van der Waals surface area contributed by atoms with Crippen LogP contribution in [-0.4, -0.2) is 27.8 Å². The monoisotopic (exact) mass is 387 g/mol. The standard InChI is InChI=1S/C20H13N5O2S/c1-27-19-13(6-3-7-23-19)16(26)15-9-14-17(22)24-18(25-20(14)28-15)12-5-2-4-11(8-12)10-21/h2-9H,1H3,(H2,22,24,25). The van der Waals surface area contributed by atoms with Crippen molar-refractivity contribution in [2.45, 2.75) is 0 Å². The number of fused-ring (bicyclic) bond motifs is 1. The number of hydrogen-bond donors (Lipinski definition) is 1. The lowest BCUT2D eigenvalue weighted by molar-refractivity contribution is 0.103. The van der Waals surface area contributed by atoms with Crippen LogP contribution in [0, 0.1) is 11.3 Å². The Labute approximate surface area is 164 Å². The fraction of sp³-hybridized carbons (Fsp3) is 0.0500. The van der Waals surface area contributed by atoms with E-state index >= 15 is 0 Å². The van der Waals surface area contributed by atoms with Crippen LogP contribution in [0.15, 0.2) is 48.7 Å². The van der Waals surface area contributed by atoms with Crippen molar-refractivity contribution < 1.29 is 9.53 Å². The summed E-state index contributed by atoms with van der Waals surface area (Å²) in [6.45, 7) is 0. The van der Waals surface area contributed by atoms with Gasteiger partial charge in [0, 0.05) is 11.8 Å². The van der Waals surface area contributed by atoms with E-state index in [9.17, 15) is 4.79 Å². The smallest absolute Gasteiger partial charge is 0.224 e. The van der Waals surface area contributed by atoms with Crippen LogP contribution in [0.25, 0.3) is 21.6 Å². The number of thiophene rings is 1. The van der Waals surface area contributed by atoms with Crippen molar-refractivity contribution >= 4 is 33.2 Å². The van der Waals surface area contributed by atoms with Gasteiger partial charge in [0.25, 0.3) is 0 Å². The molecule has 4 rings (SSSR count). The van der Waals surface area contributed by atoms with E-state index in [4.69, 9.17) is 15.7 Å². The fourth-order valence-electron chi connectivity index (χ4n) is 2.77. The Bertz CT molecular complexity index is 1260. The molecule has 0 atom stereocenters. The molecule has 136 valence electrons. The topological polar surface area (TPSA) is 115 Å². The van der Waals surface area contributed by atoms with Crippen molar-refractivity contribution in [2.24, 2.45) is 0 Å². The van der Waals surface area contributed by atoms with Crippen LogP contribution in [0.3, 0.4) is 0 Å². The lowest BCUT2D eigenvalue weighted by Crippen LogP contribution is -2.03. The van der Waals surface area contributed by atoms with E-state index in [-0.39, 0.29) is 17.5 Å². The average molecular weight is 387 g/mol. The molecule has 0 fully saturated rings. The Morgan fingerprint density at radius 1 is 1.21 bits per heavy atom. The molecule has 0 aliphatic heterocycles. The molecule has 1 aromatic carbocycles. The first-order valence-corrected chi connectivity index (χ1v) is 9.03. The van der Waals surface area contributed by atoms with Gasteiger partial charge in [0.1, 0.15) is 10.6 Å². The molecule has 0 aliphatic carbocycles. The second kappa shape index (κ2) is 7.06. The summed E-state index contributed by atoms with van der Waals surface area (Å²) in [7, 11) is 1.47. The maximum atomic E-state index is 12.9. The number of carbonyl (C=O) groups is 1. The summed E-state index contributed by atoms with van der Waals surface area (Å²) in [5.74, 6) is 0.719. The van der Waals surface area contributed by atoms with Crippen molar-refractivity contribution in [3.63, 3.8) is 0 Å². The van der Waals surface area contributed by atoms with Crippen LogP contribution >= 0.6 is 11.3 Å². The van der Waals surface area contributed by atoms with Crippen LogP contribution in [0.2, 0.25) is 0 Å². The van der Waals surface area contributed by atoms with Crippen molar-refractivity contribution in [2.75, 3.05) is 12.8 Å². The molecule has 0 spiro atoms. The van der Waals surface area contributed by atoms with Crippen molar-refractivity contribution in [1.29, 1.82) is 5.26 Å². The number of aromatic nitrogens is 3. The minimum Gasteiger partial charge on any atom is -0.480 e. The highest BCUT2D eigenvalue weighted by Gasteiger charge is 2.20. The number of carbonyl (C=O) groups excluding carboxylic acids is 1. The summed E-state index contributed by atoms with van der Waals surface area (Å²) in [6, 6.07) is 14.1. The zero-order valence-corrected chi connectivity index (χ0v) is 15.5. The summed E-state index contributed by atoms with van der Waals surface area (Å²) in [6.07, 6.45) is 1.56. The Morgan fingerprint density at radius 2 is 2.07 bits per heavy atom. The molecule has 0 saturated heterocycles. The number of rotatable bonds is 4. The van der Waals surface area contributed by atoms with Gasteiger partial charge in [0.05, 0.1) is 34.6 Å². The summed E-state index contributed by atoms with van der Waals surface area (Å²) in [5, 5.41) is 9.69. The Balaban J connectivity index is 1.80. The highest BCUT2D eigenvalue weighted by Crippen LogP contribution is 2.32. The molecule has 0 radical (unpaired) electrons. The minimum atomic E-state index is -0.222. The summed E-state index contributed by atoms with van der Waals surface area (Å²) >= 11 is 1.22. The number of ether oxygens (including phenoxy) is 1. The van der Waals surface area contributed by atoms with Gasteiger partial charge < -0.3 is 10.5 Å². The molecular formula is C20H13N5O2S. The number of pyridine rings is 1. The van der Waals surface area contributed by atoms with E-state index in [0.29, 0.717) is 37.6 Å². The van der Waals surface area contributed by atoms with Crippen molar-refractivity contribution in [3.8, 4) is 23.3 Å². The van der Waals surface area contributed by atoms with Crippen molar-refractivity contribution in [1.82, 2.24) is 15.0 Å². The fourth-order valence-corrected chi connectivity index (χ4v) is 3.76. The van der Waals surface area contributed by atoms with Gasteiger partial charge in [-0.1, -0.05) is 12.1 Å². The molecule has 0 bridgehead atoms. The number of nitriles is 1. The molecule has 28 heavy (non-hydrogen) atoms. The van der Waals surface area contributed by atoms with Crippen LogP contribution in [-0.2, 0) is 0 Å². The van der Waals surface area contributed by atoms with Crippen LogP contribution in [0.4, 0.5) is 5.82 Å². The maximum Gasteiger partial charge on any atom is 0.224 e. The largest absolute Gasteiger partial charge is 0.480 e. The number of nitrogens with zero attached hydrogens (tertiary/aromatic N) is 4. The third-order valence-electron chi connectivity index (χ3n) is 4.11. The summed E-state index contributed by atoms with van der Waals surface area (Å²) < 4.78 is 5.18. The quantitative estimate of drug-likeness (QED) is 0.533. The first kappa shape index (κ1) is 17.6. The lowest BCUT2D eigenvalue weighted by Gasteiger charge is -2.03. The highest BCUT2D eigenvalue weighted by atomic mass is 32.1. The number of nitrogens with two attached hydrogens (primary N) is 1. The predicted octanol–water partition coefficient (Wildman–Crippen LogP) is 3.45. The maximum absolute atomic E-state index is 12.9.